The molecule has 0 bridgehead atoms. The van der Waals surface area contributed by atoms with Crippen LogP contribution in [-0.2, 0) is 0 Å². The first-order valence-electron chi connectivity index (χ1n) is 7.82. The molecule has 0 aromatic heterocycles. The van der Waals surface area contributed by atoms with Crippen LogP contribution in [0, 0.1) is 0 Å². The van der Waals surface area contributed by atoms with E-state index in [0.29, 0.717) is 5.96 Å². The molecule has 1 unspecified atom stereocenters. The Balaban J connectivity index is 1.83. The highest BCUT2D eigenvalue weighted by Gasteiger charge is 2.26. The fourth-order valence-electron chi connectivity index (χ4n) is 2.68. The Morgan fingerprint density at radius 3 is 2.70 bits per heavy atom. The zero-order valence-electron chi connectivity index (χ0n) is 13.2. The van der Waals surface area contributed by atoms with Crippen LogP contribution in [-0.4, -0.2) is 44.9 Å². The summed E-state index contributed by atoms with van der Waals surface area (Å²) in [5.74, 6) is 0.425. The molecule has 23 heavy (non-hydrogen) atoms. The number of anilines is 1. The van der Waals surface area contributed by atoms with Crippen molar-refractivity contribution < 1.29 is 13.2 Å². The lowest BCUT2D eigenvalue weighted by molar-refractivity contribution is -0.132. The number of nitrogens with one attached hydrogen (secondary N) is 2. The number of hydrogen-bond donors (Lipinski definition) is 2. The minimum atomic E-state index is -4.15. The number of guanidine groups is 1. The Morgan fingerprint density at radius 2 is 2.04 bits per heavy atom. The summed E-state index contributed by atoms with van der Waals surface area (Å²) in [6, 6.07) is 10.3. The Kier molecular flexibility index (Phi) is 6.12. The molecule has 4 nitrogen and oxygen atoms in total. The molecule has 0 amide bonds. The summed E-state index contributed by atoms with van der Waals surface area (Å²) in [4.78, 5) is 6.29. The van der Waals surface area contributed by atoms with Crippen LogP contribution < -0.4 is 15.5 Å². The molecular weight excluding hydrogens is 305 g/mol. The first-order chi connectivity index (χ1) is 11.0. The zero-order valence-corrected chi connectivity index (χ0v) is 13.2. The molecule has 0 radical (unpaired) electrons. The van der Waals surface area contributed by atoms with Crippen LogP contribution in [0.3, 0.4) is 0 Å². The summed E-state index contributed by atoms with van der Waals surface area (Å²) < 4.78 is 36.6. The predicted molar refractivity (Wildman–Crippen MR) is 86.8 cm³/mol. The summed E-state index contributed by atoms with van der Waals surface area (Å²) >= 11 is 0. The van der Waals surface area contributed by atoms with Crippen LogP contribution in [0.4, 0.5) is 18.9 Å². The maximum atomic E-state index is 12.2. The number of piperidine rings is 1. The van der Waals surface area contributed by atoms with Gasteiger partial charge in [0.15, 0.2) is 5.96 Å². The monoisotopic (exact) mass is 328 g/mol. The topological polar surface area (TPSA) is 39.7 Å². The highest BCUT2D eigenvalue weighted by molar-refractivity contribution is 5.80. The molecular formula is C16H23F3N4. The lowest BCUT2D eigenvalue weighted by Crippen LogP contribution is -2.51. The molecule has 128 valence electrons. The van der Waals surface area contributed by atoms with Gasteiger partial charge in [-0.25, -0.2) is 0 Å². The molecule has 0 spiro atoms. The molecule has 1 aliphatic heterocycles. The first-order valence-corrected chi connectivity index (χ1v) is 7.82. The van der Waals surface area contributed by atoms with Crippen molar-refractivity contribution in [3.05, 3.63) is 30.3 Å². The summed E-state index contributed by atoms with van der Waals surface area (Å²) in [5.41, 5.74) is 1.17. The van der Waals surface area contributed by atoms with Gasteiger partial charge in [0.1, 0.15) is 0 Å². The van der Waals surface area contributed by atoms with Gasteiger partial charge in [0, 0.05) is 38.4 Å². The lowest BCUT2D eigenvalue weighted by atomic mass is 10.1. The van der Waals surface area contributed by atoms with Crippen LogP contribution in [0.15, 0.2) is 35.3 Å². The molecule has 1 heterocycles. The molecule has 1 aliphatic rings. The molecule has 2 N–H and O–H groups in total. The van der Waals surface area contributed by atoms with E-state index in [4.69, 9.17) is 0 Å². The third kappa shape index (κ3) is 6.00. The summed E-state index contributed by atoms with van der Waals surface area (Å²) in [7, 11) is 1.57. The summed E-state index contributed by atoms with van der Waals surface area (Å²) in [6.45, 7) is 1.63. The first kappa shape index (κ1) is 17.4. The van der Waals surface area contributed by atoms with Crippen molar-refractivity contribution >= 4 is 11.6 Å². The van der Waals surface area contributed by atoms with Gasteiger partial charge in [0.2, 0.25) is 0 Å². The lowest BCUT2D eigenvalue weighted by Gasteiger charge is -2.35. The highest BCUT2D eigenvalue weighted by atomic mass is 19.4. The molecule has 1 aromatic rings. The minimum absolute atomic E-state index is 0.168. The van der Waals surface area contributed by atoms with Crippen LogP contribution in [0.2, 0.25) is 0 Å². The molecule has 7 heteroatoms. The number of rotatable bonds is 4. The largest absolute Gasteiger partial charge is 0.390 e. The maximum Gasteiger partial charge on any atom is 0.390 e. The van der Waals surface area contributed by atoms with Crippen LogP contribution in [0.25, 0.3) is 0 Å². The Bertz CT molecular complexity index is 502. The highest BCUT2D eigenvalue weighted by Crippen LogP contribution is 2.20. The van der Waals surface area contributed by atoms with Gasteiger partial charge in [-0.2, -0.15) is 13.2 Å². The molecule has 1 fully saturated rings. The average Bonchev–Trinajstić information content (AvgIpc) is 2.54. The van der Waals surface area contributed by atoms with Gasteiger partial charge in [-0.05, 0) is 25.0 Å². The summed E-state index contributed by atoms with van der Waals surface area (Å²) in [6.07, 6.45) is -3.01. The van der Waals surface area contributed by atoms with E-state index in [1.54, 1.807) is 7.05 Å². The quantitative estimate of drug-likeness (QED) is 0.659. The van der Waals surface area contributed by atoms with Crippen molar-refractivity contribution in [3.8, 4) is 0 Å². The number of hydrogen-bond acceptors (Lipinski definition) is 2. The summed E-state index contributed by atoms with van der Waals surface area (Å²) in [5, 5.41) is 5.95. The van der Waals surface area contributed by atoms with Gasteiger partial charge in [-0.1, -0.05) is 18.2 Å². The van der Waals surface area contributed by atoms with E-state index in [2.05, 4.69) is 32.7 Å². The van der Waals surface area contributed by atoms with Gasteiger partial charge in [0.05, 0.1) is 6.42 Å². The van der Waals surface area contributed by atoms with Crippen LogP contribution in [0.1, 0.15) is 19.3 Å². The molecule has 1 aromatic carbocycles. The van der Waals surface area contributed by atoms with Gasteiger partial charge in [-0.15, -0.1) is 0 Å². The second-order valence-electron chi connectivity index (χ2n) is 5.63. The molecule has 0 aliphatic carbocycles. The van der Waals surface area contributed by atoms with E-state index in [0.717, 1.165) is 25.9 Å². The number of para-hydroxylation sites is 1. The maximum absolute atomic E-state index is 12.2. The Morgan fingerprint density at radius 1 is 1.30 bits per heavy atom. The Labute approximate surface area is 134 Å². The standard InChI is InChI=1S/C16H23F3N4/c1-20-15(21-10-9-16(17,18)19)22-13-6-5-11-23(12-13)14-7-3-2-4-8-14/h2-4,7-8,13H,5-6,9-12H2,1H3,(H2,20,21,22). The fraction of sp³-hybridized carbons (Fsp3) is 0.562. The van der Waals surface area contributed by atoms with Gasteiger partial charge in [0.25, 0.3) is 0 Å². The molecule has 1 atom stereocenters. The van der Waals surface area contributed by atoms with Gasteiger partial charge in [-0.3, -0.25) is 4.99 Å². The number of benzene rings is 1. The van der Waals surface area contributed by atoms with Crippen molar-refractivity contribution in [1.29, 1.82) is 0 Å². The average molecular weight is 328 g/mol. The van der Waals surface area contributed by atoms with Crippen molar-refractivity contribution in [2.45, 2.75) is 31.5 Å². The van der Waals surface area contributed by atoms with Crippen LogP contribution >= 0.6 is 0 Å². The third-order valence-electron chi connectivity index (χ3n) is 3.81. The van der Waals surface area contributed by atoms with E-state index in [-0.39, 0.29) is 12.6 Å². The molecule has 2 rings (SSSR count). The van der Waals surface area contributed by atoms with E-state index < -0.39 is 12.6 Å². The zero-order chi connectivity index (χ0) is 16.7. The van der Waals surface area contributed by atoms with Crippen molar-refractivity contribution in [3.63, 3.8) is 0 Å². The smallest absolute Gasteiger partial charge is 0.369 e. The van der Waals surface area contributed by atoms with Gasteiger partial charge >= 0.3 is 6.18 Å². The molecule has 1 saturated heterocycles. The second-order valence-corrected chi connectivity index (χ2v) is 5.63. The van der Waals surface area contributed by atoms with E-state index in [1.807, 2.05) is 18.2 Å². The van der Waals surface area contributed by atoms with Gasteiger partial charge < -0.3 is 15.5 Å². The van der Waals surface area contributed by atoms with E-state index in [9.17, 15) is 13.2 Å². The second kappa shape index (κ2) is 8.08. The Hall–Kier alpha value is -1.92. The fourth-order valence-corrected chi connectivity index (χ4v) is 2.68. The van der Waals surface area contributed by atoms with Crippen molar-refractivity contribution in [2.75, 3.05) is 31.6 Å². The van der Waals surface area contributed by atoms with E-state index in [1.165, 1.54) is 5.69 Å². The number of nitrogens with zero attached hydrogens (tertiary/aromatic N) is 2. The van der Waals surface area contributed by atoms with Crippen molar-refractivity contribution in [2.24, 2.45) is 4.99 Å². The normalized spacial score (nSPS) is 19.6. The van der Waals surface area contributed by atoms with E-state index >= 15 is 0 Å². The number of alkyl halides is 3. The number of aliphatic imine (C=N–C) groups is 1. The van der Waals surface area contributed by atoms with Crippen molar-refractivity contribution in [1.82, 2.24) is 10.6 Å². The predicted octanol–water partition coefficient (Wildman–Crippen LogP) is 2.77. The molecule has 0 saturated carbocycles. The number of halogens is 3. The van der Waals surface area contributed by atoms with Crippen LogP contribution in [0.5, 0.6) is 0 Å². The minimum Gasteiger partial charge on any atom is -0.369 e. The third-order valence-corrected chi connectivity index (χ3v) is 3.81. The SMILES string of the molecule is CN=C(NCCC(F)(F)F)NC1CCCN(c2ccccc2)C1.